The van der Waals surface area contributed by atoms with Gasteiger partial charge in [0.2, 0.25) is 0 Å². The Labute approximate surface area is 96.8 Å². The lowest BCUT2D eigenvalue weighted by atomic mass is 10.0. The Bertz CT molecular complexity index is 292. The maximum absolute atomic E-state index is 6.02. The summed E-state index contributed by atoms with van der Waals surface area (Å²) in [5.41, 5.74) is 5.20. The highest BCUT2D eigenvalue weighted by molar-refractivity contribution is 6.30. The van der Waals surface area contributed by atoms with Gasteiger partial charge in [0.25, 0.3) is 0 Å². The van der Waals surface area contributed by atoms with E-state index in [1.54, 1.807) is 0 Å². The van der Waals surface area contributed by atoms with Gasteiger partial charge in [0.15, 0.2) is 0 Å². The zero-order valence-electron chi connectivity index (χ0n) is 9.39. The van der Waals surface area contributed by atoms with E-state index in [1.165, 1.54) is 24.0 Å². The molecular weight excluding hydrogens is 208 g/mol. The molecule has 15 heavy (non-hydrogen) atoms. The molecule has 1 rings (SSSR count). The average molecular weight is 227 g/mol. The highest BCUT2D eigenvalue weighted by atomic mass is 35.5. The van der Waals surface area contributed by atoms with Crippen molar-refractivity contribution in [3.8, 4) is 0 Å². The van der Waals surface area contributed by atoms with Crippen molar-refractivity contribution in [2.75, 3.05) is 0 Å². The molecule has 0 aliphatic carbocycles. The summed E-state index contributed by atoms with van der Waals surface area (Å²) in [6.45, 7) is 4.22. The lowest BCUT2D eigenvalue weighted by Gasteiger charge is -2.16. The summed E-state index contributed by atoms with van der Waals surface area (Å²) in [6.07, 6.45) is 3.39. The second kappa shape index (κ2) is 6.11. The van der Waals surface area contributed by atoms with Gasteiger partial charge in [-0.2, -0.15) is 0 Å². The van der Waals surface area contributed by atoms with Gasteiger partial charge in [-0.3, -0.25) is 11.3 Å². The van der Waals surface area contributed by atoms with E-state index < -0.39 is 0 Å². The predicted molar refractivity (Wildman–Crippen MR) is 65.8 cm³/mol. The van der Waals surface area contributed by atoms with E-state index in [-0.39, 0.29) is 6.04 Å². The molecule has 0 bridgehead atoms. The standard InChI is InChI=1S/C12H19ClN2/c1-3-4-5-12(15-14)10-6-9(2)7-11(13)8-10/h6-8,12,15H,3-5,14H2,1-2H3. The van der Waals surface area contributed by atoms with Crippen molar-refractivity contribution in [1.82, 2.24) is 5.43 Å². The van der Waals surface area contributed by atoms with Crippen LogP contribution in [0.25, 0.3) is 0 Å². The lowest BCUT2D eigenvalue weighted by Crippen LogP contribution is -2.28. The molecule has 0 radical (unpaired) electrons. The molecule has 0 fully saturated rings. The summed E-state index contributed by atoms with van der Waals surface area (Å²) in [5, 5.41) is 0.779. The number of hydrazine groups is 1. The molecular formula is C12H19ClN2. The van der Waals surface area contributed by atoms with Crippen LogP contribution in [0.15, 0.2) is 18.2 Å². The van der Waals surface area contributed by atoms with Crippen LogP contribution < -0.4 is 11.3 Å². The predicted octanol–water partition coefficient (Wildman–Crippen LogP) is 3.34. The fourth-order valence-electron chi connectivity index (χ4n) is 1.72. The maximum Gasteiger partial charge on any atom is 0.0460 e. The number of nitrogens with two attached hydrogens (primary N) is 1. The zero-order valence-corrected chi connectivity index (χ0v) is 10.1. The van der Waals surface area contributed by atoms with Crippen LogP contribution in [0.1, 0.15) is 43.4 Å². The number of nitrogens with one attached hydrogen (secondary N) is 1. The molecule has 1 aromatic rings. The monoisotopic (exact) mass is 226 g/mol. The molecule has 0 aliphatic rings. The minimum absolute atomic E-state index is 0.211. The number of benzene rings is 1. The fourth-order valence-corrected chi connectivity index (χ4v) is 2.02. The zero-order chi connectivity index (χ0) is 11.3. The summed E-state index contributed by atoms with van der Waals surface area (Å²) >= 11 is 6.02. The number of aryl methyl sites for hydroxylation is 1. The van der Waals surface area contributed by atoms with E-state index in [1.807, 2.05) is 19.1 Å². The smallest absolute Gasteiger partial charge is 0.0460 e. The minimum Gasteiger partial charge on any atom is -0.271 e. The Balaban J connectivity index is 2.81. The molecule has 0 saturated heterocycles. The maximum atomic E-state index is 6.02. The Morgan fingerprint density at radius 3 is 2.67 bits per heavy atom. The van der Waals surface area contributed by atoms with E-state index >= 15 is 0 Å². The first-order chi connectivity index (χ1) is 7.17. The van der Waals surface area contributed by atoms with Crippen molar-refractivity contribution in [2.45, 2.75) is 39.2 Å². The topological polar surface area (TPSA) is 38.0 Å². The van der Waals surface area contributed by atoms with Crippen LogP contribution in [-0.4, -0.2) is 0 Å². The molecule has 1 aromatic carbocycles. The largest absolute Gasteiger partial charge is 0.271 e. The van der Waals surface area contributed by atoms with Crippen LogP contribution in [0, 0.1) is 6.92 Å². The highest BCUT2D eigenvalue weighted by Gasteiger charge is 2.09. The SMILES string of the molecule is CCCCC(NN)c1cc(C)cc(Cl)c1. The highest BCUT2D eigenvalue weighted by Crippen LogP contribution is 2.23. The van der Waals surface area contributed by atoms with Crippen molar-refractivity contribution in [3.63, 3.8) is 0 Å². The van der Waals surface area contributed by atoms with E-state index in [4.69, 9.17) is 17.4 Å². The van der Waals surface area contributed by atoms with Crippen LogP contribution in [0.5, 0.6) is 0 Å². The third-order valence-corrected chi connectivity index (χ3v) is 2.73. The molecule has 0 saturated carbocycles. The molecule has 1 unspecified atom stereocenters. The minimum atomic E-state index is 0.211. The summed E-state index contributed by atoms with van der Waals surface area (Å²) in [5.74, 6) is 5.55. The van der Waals surface area contributed by atoms with Crippen molar-refractivity contribution < 1.29 is 0 Å². The number of halogens is 1. The van der Waals surface area contributed by atoms with Gasteiger partial charge in [-0.15, -0.1) is 0 Å². The first-order valence-electron chi connectivity index (χ1n) is 5.40. The van der Waals surface area contributed by atoms with Crippen molar-refractivity contribution in [2.24, 2.45) is 5.84 Å². The van der Waals surface area contributed by atoms with Crippen LogP contribution in [-0.2, 0) is 0 Å². The third kappa shape index (κ3) is 3.82. The molecule has 0 heterocycles. The van der Waals surface area contributed by atoms with Gasteiger partial charge in [-0.1, -0.05) is 37.4 Å². The van der Waals surface area contributed by atoms with Gasteiger partial charge in [0, 0.05) is 11.1 Å². The average Bonchev–Trinajstić information content (AvgIpc) is 2.17. The van der Waals surface area contributed by atoms with E-state index in [0.717, 1.165) is 11.4 Å². The number of hydrogen-bond donors (Lipinski definition) is 2. The Morgan fingerprint density at radius 2 is 2.13 bits per heavy atom. The molecule has 84 valence electrons. The summed E-state index contributed by atoms with van der Waals surface area (Å²) in [4.78, 5) is 0. The molecule has 0 aromatic heterocycles. The van der Waals surface area contributed by atoms with Gasteiger partial charge < -0.3 is 0 Å². The third-order valence-electron chi connectivity index (χ3n) is 2.51. The van der Waals surface area contributed by atoms with Crippen LogP contribution in [0.2, 0.25) is 5.02 Å². The van der Waals surface area contributed by atoms with E-state index in [9.17, 15) is 0 Å². The van der Waals surface area contributed by atoms with Gasteiger partial charge >= 0.3 is 0 Å². The molecule has 0 amide bonds. The van der Waals surface area contributed by atoms with Crippen molar-refractivity contribution in [3.05, 3.63) is 34.3 Å². The molecule has 3 heteroatoms. The van der Waals surface area contributed by atoms with Crippen LogP contribution in [0.3, 0.4) is 0 Å². The number of rotatable bonds is 5. The number of hydrogen-bond acceptors (Lipinski definition) is 2. The molecule has 0 aliphatic heterocycles. The van der Waals surface area contributed by atoms with Crippen molar-refractivity contribution in [1.29, 1.82) is 0 Å². The quantitative estimate of drug-likeness (QED) is 0.597. The fraction of sp³-hybridized carbons (Fsp3) is 0.500. The second-order valence-electron chi connectivity index (χ2n) is 3.92. The summed E-state index contributed by atoms with van der Waals surface area (Å²) < 4.78 is 0. The molecule has 2 nitrogen and oxygen atoms in total. The van der Waals surface area contributed by atoms with E-state index in [0.29, 0.717) is 0 Å². The van der Waals surface area contributed by atoms with Gasteiger partial charge in [0.05, 0.1) is 0 Å². The van der Waals surface area contributed by atoms with Crippen LogP contribution >= 0.6 is 11.6 Å². The Hall–Kier alpha value is -0.570. The van der Waals surface area contributed by atoms with Gasteiger partial charge in [0.1, 0.15) is 0 Å². The molecule has 0 spiro atoms. The molecule has 1 atom stereocenters. The molecule has 3 N–H and O–H groups in total. The summed E-state index contributed by atoms with van der Waals surface area (Å²) in [6, 6.07) is 6.28. The Kier molecular flexibility index (Phi) is 5.09. The lowest BCUT2D eigenvalue weighted by molar-refractivity contribution is 0.495. The Morgan fingerprint density at radius 1 is 1.40 bits per heavy atom. The van der Waals surface area contributed by atoms with Gasteiger partial charge in [-0.05, 0) is 36.6 Å². The first kappa shape index (κ1) is 12.5. The van der Waals surface area contributed by atoms with E-state index in [2.05, 4.69) is 18.4 Å². The second-order valence-corrected chi connectivity index (χ2v) is 4.36. The summed E-state index contributed by atoms with van der Waals surface area (Å²) in [7, 11) is 0. The van der Waals surface area contributed by atoms with Gasteiger partial charge in [-0.25, -0.2) is 0 Å². The normalized spacial score (nSPS) is 12.8. The first-order valence-corrected chi connectivity index (χ1v) is 5.78. The number of unbranched alkanes of at least 4 members (excludes halogenated alkanes) is 1. The van der Waals surface area contributed by atoms with Crippen LogP contribution in [0.4, 0.5) is 0 Å². The van der Waals surface area contributed by atoms with Crippen molar-refractivity contribution >= 4 is 11.6 Å².